The number of aromatic nitrogens is 2. The van der Waals surface area contributed by atoms with Gasteiger partial charge in [-0.2, -0.15) is 0 Å². The lowest BCUT2D eigenvalue weighted by Gasteiger charge is -2.26. The molecule has 6 nitrogen and oxygen atoms in total. The normalized spacial score (nSPS) is 12.7. The van der Waals surface area contributed by atoms with Crippen molar-refractivity contribution in [1.82, 2.24) is 14.9 Å². The fourth-order valence-electron chi connectivity index (χ4n) is 3.52. The number of nitrogens with zero attached hydrogens (tertiary/aromatic N) is 2. The molecule has 0 bridgehead atoms. The zero-order chi connectivity index (χ0) is 22.4. The van der Waals surface area contributed by atoms with E-state index in [1.165, 1.54) is 11.3 Å². The second kappa shape index (κ2) is 11.0. The molecule has 0 aliphatic heterocycles. The smallest absolute Gasteiger partial charge is 0.260 e. The lowest BCUT2D eigenvalue weighted by molar-refractivity contribution is 0.0218. The third kappa shape index (κ3) is 6.24. The van der Waals surface area contributed by atoms with Crippen LogP contribution in [-0.2, 0) is 11.3 Å². The first kappa shape index (κ1) is 23.6. The van der Waals surface area contributed by atoms with Crippen LogP contribution in [0.1, 0.15) is 19.7 Å². The minimum atomic E-state index is -0.636. The molecule has 0 spiro atoms. The van der Waals surface area contributed by atoms with Crippen molar-refractivity contribution >= 4 is 33.2 Å². The van der Waals surface area contributed by atoms with E-state index in [1.54, 1.807) is 6.08 Å². The lowest BCUT2D eigenvalue weighted by Crippen LogP contribution is -2.37. The van der Waals surface area contributed by atoms with Crippen LogP contribution in [0.2, 0.25) is 5.02 Å². The molecule has 0 aliphatic rings. The molecule has 2 N–H and O–H groups in total. The van der Waals surface area contributed by atoms with Crippen molar-refractivity contribution in [2.24, 2.45) is 5.92 Å². The summed E-state index contributed by atoms with van der Waals surface area (Å²) in [5.74, 6) is 0.968. The fourth-order valence-corrected chi connectivity index (χ4v) is 4.71. The molecule has 0 fully saturated rings. The molecule has 1 atom stereocenters. The van der Waals surface area contributed by atoms with E-state index in [-0.39, 0.29) is 12.2 Å². The Morgan fingerprint density at radius 3 is 2.81 bits per heavy atom. The number of ether oxygens (including phenoxy) is 1. The van der Waals surface area contributed by atoms with Gasteiger partial charge in [0, 0.05) is 34.6 Å². The van der Waals surface area contributed by atoms with Crippen LogP contribution in [0.4, 0.5) is 0 Å². The molecule has 3 rings (SSSR count). The van der Waals surface area contributed by atoms with Crippen LogP contribution in [0.15, 0.2) is 47.1 Å². The second-order valence-corrected chi connectivity index (χ2v) is 9.16. The molecule has 8 heteroatoms. The summed E-state index contributed by atoms with van der Waals surface area (Å²) in [6, 6.07) is 7.47. The van der Waals surface area contributed by atoms with E-state index in [2.05, 4.69) is 30.3 Å². The Morgan fingerprint density at radius 1 is 1.32 bits per heavy atom. The molecule has 2 aromatic heterocycles. The average Bonchev–Trinajstić information content (AvgIpc) is 3.12. The molecule has 0 radical (unpaired) electrons. The first-order chi connectivity index (χ1) is 14.9. The maximum Gasteiger partial charge on any atom is 0.260 e. The Hall–Kier alpha value is -2.03. The maximum atomic E-state index is 12.9. The highest BCUT2D eigenvalue weighted by atomic mass is 35.5. The molecule has 0 unspecified atom stereocenters. The Labute approximate surface area is 191 Å². The van der Waals surface area contributed by atoms with Crippen molar-refractivity contribution in [3.63, 3.8) is 0 Å². The van der Waals surface area contributed by atoms with Gasteiger partial charge in [-0.15, -0.1) is 17.9 Å². The standard InChI is InChI=1S/C23H28ClN3O3S/c1-4-9-30-13-16(28)11-27(10-15(2)3)12-20-25-22(29)21-18(14-31-23(21)26-20)17-7-5-6-8-19(17)24/h4-8,14-16,28H,1,9-13H2,2-3H3,(H,25,26,29)/t16-/m1/s1. The predicted octanol–water partition coefficient (Wildman–Crippen LogP) is 4.33. The van der Waals surface area contributed by atoms with E-state index in [4.69, 9.17) is 21.3 Å². The number of aliphatic hydroxyl groups excluding tert-OH is 1. The summed E-state index contributed by atoms with van der Waals surface area (Å²) in [6.45, 7) is 10.1. The Kier molecular flexibility index (Phi) is 8.40. The van der Waals surface area contributed by atoms with Crippen molar-refractivity contribution in [3.8, 4) is 11.1 Å². The number of aromatic amines is 1. The Balaban J connectivity index is 1.83. The fraction of sp³-hybridized carbons (Fsp3) is 0.391. The second-order valence-electron chi connectivity index (χ2n) is 7.89. The van der Waals surface area contributed by atoms with Gasteiger partial charge >= 0.3 is 0 Å². The summed E-state index contributed by atoms with van der Waals surface area (Å²) >= 11 is 7.76. The molecule has 0 saturated carbocycles. The van der Waals surface area contributed by atoms with Gasteiger partial charge in [0.25, 0.3) is 5.56 Å². The molecule has 0 amide bonds. The number of fused-ring (bicyclic) bond motifs is 1. The van der Waals surface area contributed by atoms with Crippen LogP contribution in [0.25, 0.3) is 21.3 Å². The van der Waals surface area contributed by atoms with Crippen molar-refractivity contribution in [2.75, 3.05) is 26.3 Å². The van der Waals surface area contributed by atoms with E-state index < -0.39 is 6.10 Å². The number of thiophene rings is 1. The number of H-pyrrole nitrogens is 1. The van der Waals surface area contributed by atoms with Gasteiger partial charge in [-0.3, -0.25) is 9.69 Å². The SMILES string of the molecule is C=CCOC[C@H](O)CN(Cc1nc2scc(-c3ccccc3Cl)c2c(=O)[nH]1)CC(C)C. The van der Waals surface area contributed by atoms with Gasteiger partial charge in [-0.25, -0.2) is 4.98 Å². The number of aliphatic hydroxyl groups is 1. The summed E-state index contributed by atoms with van der Waals surface area (Å²) in [5, 5.41) is 13.4. The number of hydrogen-bond donors (Lipinski definition) is 2. The third-order valence-electron chi connectivity index (χ3n) is 4.67. The summed E-state index contributed by atoms with van der Waals surface area (Å²) in [7, 11) is 0. The summed E-state index contributed by atoms with van der Waals surface area (Å²) < 4.78 is 5.35. The first-order valence-corrected chi connectivity index (χ1v) is 11.5. The van der Waals surface area contributed by atoms with Crippen LogP contribution in [0.3, 0.4) is 0 Å². The van der Waals surface area contributed by atoms with Gasteiger partial charge in [0.05, 0.1) is 31.2 Å². The number of rotatable bonds is 11. The number of nitrogens with one attached hydrogen (secondary N) is 1. The predicted molar refractivity (Wildman–Crippen MR) is 128 cm³/mol. The minimum absolute atomic E-state index is 0.185. The van der Waals surface area contributed by atoms with E-state index in [0.717, 1.165) is 17.7 Å². The van der Waals surface area contributed by atoms with Gasteiger partial charge in [0.1, 0.15) is 10.7 Å². The largest absolute Gasteiger partial charge is 0.389 e. The van der Waals surface area contributed by atoms with Crippen molar-refractivity contribution in [2.45, 2.75) is 26.5 Å². The maximum absolute atomic E-state index is 12.9. The molecular formula is C23H28ClN3O3S. The average molecular weight is 462 g/mol. The molecule has 0 aliphatic carbocycles. The number of hydrogen-bond acceptors (Lipinski definition) is 6. The molecular weight excluding hydrogens is 434 g/mol. The van der Waals surface area contributed by atoms with Gasteiger partial charge in [-0.05, 0) is 12.0 Å². The van der Waals surface area contributed by atoms with Gasteiger partial charge in [0.15, 0.2) is 0 Å². The van der Waals surface area contributed by atoms with Crippen LogP contribution in [-0.4, -0.2) is 52.4 Å². The van der Waals surface area contributed by atoms with Crippen LogP contribution >= 0.6 is 22.9 Å². The van der Waals surface area contributed by atoms with Crippen molar-refractivity contribution in [3.05, 3.63) is 63.5 Å². The molecule has 3 aromatic rings. The Morgan fingerprint density at radius 2 is 2.10 bits per heavy atom. The number of benzene rings is 1. The third-order valence-corrected chi connectivity index (χ3v) is 5.87. The summed E-state index contributed by atoms with van der Waals surface area (Å²) in [5.41, 5.74) is 1.43. The first-order valence-electron chi connectivity index (χ1n) is 10.2. The van der Waals surface area contributed by atoms with Gasteiger partial charge in [-0.1, -0.05) is 49.7 Å². The zero-order valence-electron chi connectivity index (χ0n) is 17.8. The van der Waals surface area contributed by atoms with Gasteiger partial charge in [0.2, 0.25) is 0 Å². The van der Waals surface area contributed by atoms with Crippen molar-refractivity contribution in [1.29, 1.82) is 0 Å². The van der Waals surface area contributed by atoms with Crippen LogP contribution in [0.5, 0.6) is 0 Å². The highest BCUT2D eigenvalue weighted by Gasteiger charge is 2.18. The molecule has 166 valence electrons. The molecule has 0 saturated heterocycles. The minimum Gasteiger partial charge on any atom is -0.389 e. The molecule has 1 aromatic carbocycles. The zero-order valence-corrected chi connectivity index (χ0v) is 19.4. The molecule has 31 heavy (non-hydrogen) atoms. The van der Waals surface area contributed by atoms with Crippen LogP contribution in [0, 0.1) is 5.92 Å². The van der Waals surface area contributed by atoms with E-state index >= 15 is 0 Å². The quantitative estimate of drug-likeness (QED) is 0.328. The van der Waals surface area contributed by atoms with Crippen LogP contribution < -0.4 is 5.56 Å². The van der Waals surface area contributed by atoms with E-state index in [9.17, 15) is 9.90 Å². The van der Waals surface area contributed by atoms with E-state index in [1.807, 2.05) is 29.6 Å². The topological polar surface area (TPSA) is 78.5 Å². The Bertz CT molecular complexity index is 1080. The van der Waals surface area contributed by atoms with Gasteiger partial charge < -0.3 is 14.8 Å². The van der Waals surface area contributed by atoms with E-state index in [0.29, 0.717) is 46.7 Å². The highest BCUT2D eigenvalue weighted by molar-refractivity contribution is 7.17. The highest BCUT2D eigenvalue weighted by Crippen LogP contribution is 2.34. The summed E-state index contributed by atoms with van der Waals surface area (Å²) in [4.78, 5) is 23.3. The lowest BCUT2D eigenvalue weighted by atomic mass is 10.1. The summed E-state index contributed by atoms with van der Waals surface area (Å²) in [6.07, 6.45) is 1.02. The number of halogens is 1. The molecule has 2 heterocycles. The van der Waals surface area contributed by atoms with Crippen molar-refractivity contribution < 1.29 is 9.84 Å². The monoisotopic (exact) mass is 461 g/mol.